The summed E-state index contributed by atoms with van der Waals surface area (Å²) in [5.41, 5.74) is 2.74. The average Bonchev–Trinajstić information content (AvgIpc) is 3.55. The van der Waals surface area contributed by atoms with Crippen molar-refractivity contribution in [1.82, 2.24) is 9.88 Å². The van der Waals surface area contributed by atoms with Crippen LogP contribution in [0.5, 0.6) is 0 Å². The van der Waals surface area contributed by atoms with E-state index in [4.69, 9.17) is 4.42 Å². The van der Waals surface area contributed by atoms with Gasteiger partial charge in [-0.15, -0.1) is 0 Å². The number of carbonyl (C=O) groups excluding carboxylic acids is 3. The second kappa shape index (κ2) is 8.81. The molecule has 33 heavy (non-hydrogen) atoms. The van der Waals surface area contributed by atoms with Crippen molar-refractivity contribution in [2.45, 2.75) is 64.0 Å². The molecule has 7 heteroatoms. The Bertz CT molecular complexity index is 1160. The lowest BCUT2D eigenvalue weighted by Gasteiger charge is -2.33. The number of carbonyl (C=O) groups is 3. The molecular formula is C26H27N3O4. The highest BCUT2D eigenvalue weighted by Gasteiger charge is 2.46. The van der Waals surface area contributed by atoms with E-state index in [1.807, 2.05) is 31.2 Å². The first-order valence-electron chi connectivity index (χ1n) is 11.7. The zero-order chi connectivity index (χ0) is 22.9. The molecule has 170 valence electrons. The first-order valence-corrected chi connectivity index (χ1v) is 11.7. The summed E-state index contributed by atoms with van der Waals surface area (Å²) in [7, 11) is 0. The lowest BCUT2D eigenvalue weighted by Crippen LogP contribution is -2.50. The molecule has 1 unspecified atom stereocenters. The van der Waals surface area contributed by atoms with Crippen molar-refractivity contribution in [2.24, 2.45) is 0 Å². The highest BCUT2D eigenvalue weighted by molar-refractivity contribution is 6.23. The number of anilines is 1. The normalized spacial score (nSPS) is 19.1. The summed E-state index contributed by atoms with van der Waals surface area (Å²) in [6, 6.07) is 13.9. The number of rotatable bonds is 6. The molecule has 2 fully saturated rings. The van der Waals surface area contributed by atoms with Crippen LogP contribution in [0.15, 0.2) is 52.9 Å². The fraction of sp³-hybridized carbons (Fsp3) is 0.385. The van der Waals surface area contributed by atoms with Crippen LogP contribution >= 0.6 is 0 Å². The molecule has 2 heterocycles. The molecule has 0 spiro atoms. The SMILES string of the molecule is CCCC(=O)N(C1CCCC1)C1CC(=O)N(c2ccc(-c3nc4ccccc4o3)cc2)C1=O. The number of fused-ring (bicyclic) bond motifs is 1. The monoisotopic (exact) mass is 445 g/mol. The van der Waals surface area contributed by atoms with Gasteiger partial charge in [0, 0.05) is 18.0 Å². The van der Waals surface area contributed by atoms with Crippen LogP contribution in [0, 0.1) is 0 Å². The highest BCUT2D eigenvalue weighted by atomic mass is 16.3. The minimum atomic E-state index is -0.712. The van der Waals surface area contributed by atoms with Crippen LogP contribution in [0.4, 0.5) is 5.69 Å². The lowest BCUT2D eigenvalue weighted by atomic mass is 10.1. The predicted octanol–water partition coefficient (Wildman–Crippen LogP) is 4.70. The number of oxazole rings is 1. The molecule has 1 saturated carbocycles. The summed E-state index contributed by atoms with van der Waals surface area (Å²) >= 11 is 0. The van der Waals surface area contributed by atoms with Gasteiger partial charge in [0.1, 0.15) is 11.6 Å². The molecule has 0 bridgehead atoms. The summed E-state index contributed by atoms with van der Waals surface area (Å²) < 4.78 is 5.81. The van der Waals surface area contributed by atoms with Crippen LogP contribution in [0.2, 0.25) is 0 Å². The van der Waals surface area contributed by atoms with Crippen LogP contribution in [0.3, 0.4) is 0 Å². The van der Waals surface area contributed by atoms with Crippen LogP contribution < -0.4 is 4.90 Å². The first-order chi connectivity index (χ1) is 16.1. The molecule has 1 aliphatic carbocycles. The summed E-state index contributed by atoms with van der Waals surface area (Å²) in [6.07, 6.45) is 5.05. The Morgan fingerprint density at radius 2 is 1.82 bits per heavy atom. The van der Waals surface area contributed by atoms with Crippen molar-refractivity contribution in [2.75, 3.05) is 4.90 Å². The van der Waals surface area contributed by atoms with E-state index in [1.165, 1.54) is 4.90 Å². The maximum atomic E-state index is 13.4. The third kappa shape index (κ3) is 3.92. The Morgan fingerprint density at radius 3 is 2.52 bits per heavy atom. The van der Waals surface area contributed by atoms with Gasteiger partial charge in [0.25, 0.3) is 5.91 Å². The molecule has 3 amide bonds. The van der Waals surface area contributed by atoms with Gasteiger partial charge >= 0.3 is 0 Å². The number of benzene rings is 2. The van der Waals surface area contributed by atoms with Crippen molar-refractivity contribution in [3.63, 3.8) is 0 Å². The van der Waals surface area contributed by atoms with Gasteiger partial charge in [0.2, 0.25) is 17.7 Å². The molecular weight excluding hydrogens is 418 g/mol. The van der Waals surface area contributed by atoms with Gasteiger partial charge in [-0.1, -0.05) is 31.9 Å². The van der Waals surface area contributed by atoms with Gasteiger partial charge in [-0.05, 0) is 55.7 Å². The minimum Gasteiger partial charge on any atom is -0.436 e. The smallest absolute Gasteiger partial charge is 0.257 e. The van der Waals surface area contributed by atoms with E-state index in [0.29, 0.717) is 23.6 Å². The van der Waals surface area contributed by atoms with Crippen molar-refractivity contribution in [3.05, 3.63) is 48.5 Å². The lowest BCUT2D eigenvalue weighted by molar-refractivity contribution is -0.141. The largest absolute Gasteiger partial charge is 0.436 e. The molecule has 5 rings (SSSR count). The number of amides is 3. The van der Waals surface area contributed by atoms with Gasteiger partial charge in [0.15, 0.2) is 5.58 Å². The number of aromatic nitrogens is 1. The summed E-state index contributed by atoms with van der Waals surface area (Å²) in [4.78, 5) is 46.6. The van der Waals surface area contributed by atoms with E-state index in [1.54, 1.807) is 29.2 Å². The Labute approximate surface area is 192 Å². The molecule has 0 radical (unpaired) electrons. The standard InChI is InChI=1S/C26H27N3O4/c1-2-7-23(30)28(18-8-3-4-9-18)21-16-24(31)29(26(21)32)19-14-12-17(13-15-19)25-27-20-10-5-6-11-22(20)33-25/h5-6,10-15,18,21H,2-4,7-9,16H2,1H3. The fourth-order valence-corrected chi connectivity index (χ4v) is 5.01. The number of hydrogen-bond donors (Lipinski definition) is 0. The summed E-state index contributed by atoms with van der Waals surface area (Å²) in [5, 5.41) is 0. The quantitative estimate of drug-likeness (QED) is 0.514. The number of imide groups is 1. The van der Waals surface area contributed by atoms with Crippen molar-refractivity contribution in [1.29, 1.82) is 0 Å². The Balaban J connectivity index is 1.39. The Kier molecular flexibility index (Phi) is 5.70. The molecule has 1 atom stereocenters. The maximum Gasteiger partial charge on any atom is 0.257 e. The van der Waals surface area contributed by atoms with Crippen LogP contribution in [-0.4, -0.2) is 39.7 Å². The van der Waals surface area contributed by atoms with Crippen LogP contribution in [0.25, 0.3) is 22.6 Å². The second-order valence-corrected chi connectivity index (χ2v) is 8.81. The highest BCUT2D eigenvalue weighted by Crippen LogP contribution is 2.33. The summed E-state index contributed by atoms with van der Waals surface area (Å²) in [5.74, 6) is -0.126. The zero-order valence-corrected chi connectivity index (χ0v) is 18.7. The van der Waals surface area contributed by atoms with E-state index in [0.717, 1.165) is 43.2 Å². The molecule has 1 aromatic heterocycles. The van der Waals surface area contributed by atoms with Gasteiger partial charge in [0.05, 0.1) is 12.1 Å². The zero-order valence-electron chi connectivity index (χ0n) is 18.7. The van der Waals surface area contributed by atoms with E-state index < -0.39 is 6.04 Å². The van der Waals surface area contributed by atoms with Crippen molar-refractivity contribution in [3.8, 4) is 11.5 Å². The first kappa shape index (κ1) is 21.4. The third-order valence-corrected chi connectivity index (χ3v) is 6.59. The van der Waals surface area contributed by atoms with Gasteiger partial charge in [-0.2, -0.15) is 0 Å². The van der Waals surface area contributed by atoms with E-state index >= 15 is 0 Å². The topological polar surface area (TPSA) is 83.7 Å². The second-order valence-electron chi connectivity index (χ2n) is 8.81. The Morgan fingerprint density at radius 1 is 1.09 bits per heavy atom. The summed E-state index contributed by atoms with van der Waals surface area (Å²) in [6.45, 7) is 1.96. The minimum absolute atomic E-state index is 0.0243. The van der Waals surface area contributed by atoms with Crippen LogP contribution in [-0.2, 0) is 14.4 Å². The number of hydrogen-bond acceptors (Lipinski definition) is 5. The predicted molar refractivity (Wildman–Crippen MR) is 124 cm³/mol. The molecule has 7 nitrogen and oxygen atoms in total. The molecule has 0 N–H and O–H groups in total. The average molecular weight is 446 g/mol. The molecule has 3 aromatic rings. The maximum absolute atomic E-state index is 13.4. The van der Waals surface area contributed by atoms with Gasteiger partial charge in [-0.25, -0.2) is 9.88 Å². The number of nitrogens with zero attached hydrogens (tertiary/aromatic N) is 3. The van der Waals surface area contributed by atoms with E-state index in [2.05, 4.69) is 4.98 Å². The number of para-hydroxylation sites is 2. The third-order valence-electron chi connectivity index (χ3n) is 6.59. The van der Waals surface area contributed by atoms with Gasteiger partial charge in [-0.3, -0.25) is 14.4 Å². The van der Waals surface area contributed by atoms with E-state index in [-0.39, 0.29) is 30.2 Å². The molecule has 1 saturated heterocycles. The fourth-order valence-electron chi connectivity index (χ4n) is 5.01. The van der Waals surface area contributed by atoms with E-state index in [9.17, 15) is 14.4 Å². The van der Waals surface area contributed by atoms with Crippen molar-refractivity contribution >= 4 is 34.5 Å². The van der Waals surface area contributed by atoms with Crippen LogP contribution in [0.1, 0.15) is 51.9 Å². The molecule has 2 aromatic carbocycles. The molecule has 1 aliphatic heterocycles. The van der Waals surface area contributed by atoms with Gasteiger partial charge < -0.3 is 9.32 Å². The van der Waals surface area contributed by atoms with Crippen molar-refractivity contribution < 1.29 is 18.8 Å². The molecule has 2 aliphatic rings. The Hall–Kier alpha value is -3.48.